The lowest BCUT2D eigenvalue weighted by Crippen LogP contribution is -2.30. The molecule has 0 amide bonds. The van der Waals surface area contributed by atoms with E-state index in [1.54, 1.807) is 0 Å². The molecule has 466 valence electrons. The van der Waals surface area contributed by atoms with Gasteiger partial charge in [-0.25, -0.2) is 0 Å². The zero-order valence-corrected chi connectivity index (χ0v) is 53.7. The van der Waals surface area contributed by atoms with Crippen molar-refractivity contribution in [1.29, 1.82) is 0 Å². The topological polar surface area (TPSA) is 78.9 Å². The Bertz CT molecular complexity index is 1270. The van der Waals surface area contributed by atoms with Crippen LogP contribution in [-0.4, -0.2) is 37.2 Å². The number of hydrogen-bond donors (Lipinski definition) is 0. The Morgan fingerprint density at radius 1 is 0.253 bits per heavy atom. The molecule has 0 bridgehead atoms. The second kappa shape index (κ2) is 68.4. The molecule has 6 nitrogen and oxygen atoms in total. The van der Waals surface area contributed by atoms with Crippen LogP contribution in [0.1, 0.15) is 406 Å². The summed E-state index contributed by atoms with van der Waals surface area (Å²) >= 11 is 0. The maximum absolute atomic E-state index is 12.9. The van der Waals surface area contributed by atoms with Crippen molar-refractivity contribution in [2.24, 2.45) is 0 Å². The fourth-order valence-corrected chi connectivity index (χ4v) is 11.1. The number of esters is 3. The molecule has 0 aromatic rings. The van der Waals surface area contributed by atoms with Crippen LogP contribution in [0.4, 0.5) is 0 Å². The van der Waals surface area contributed by atoms with Crippen molar-refractivity contribution in [3.63, 3.8) is 0 Å². The molecule has 0 aliphatic carbocycles. The van der Waals surface area contributed by atoms with E-state index in [0.29, 0.717) is 19.3 Å². The molecule has 0 saturated heterocycles. The average Bonchev–Trinajstić information content (AvgIpc) is 3.45. The number of carbonyl (C=O) groups excluding carboxylic acids is 3. The third kappa shape index (κ3) is 66.6. The molecule has 0 aromatic heterocycles. The van der Waals surface area contributed by atoms with Gasteiger partial charge in [-0.2, -0.15) is 0 Å². The lowest BCUT2D eigenvalue weighted by atomic mass is 10.0. The molecule has 79 heavy (non-hydrogen) atoms. The average molecular weight is 1110 g/mol. The zero-order chi connectivity index (χ0) is 57.1. The van der Waals surface area contributed by atoms with E-state index in [0.717, 1.165) is 64.2 Å². The van der Waals surface area contributed by atoms with Gasteiger partial charge < -0.3 is 14.2 Å². The van der Waals surface area contributed by atoms with Crippen molar-refractivity contribution in [3.8, 4) is 0 Å². The number of unbranched alkanes of at least 4 members (excludes halogenated alkanes) is 52. The van der Waals surface area contributed by atoms with Crippen molar-refractivity contribution in [2.75, 3.05) is 13.2 Å². The van der Waals surface area contributed by atoms with E-state index >= 15 is 0 Å². The van der Waals surface area contributed by atoms with Gasteiger partial charge >= 0.3 is 17.9 Å². The summed E-state index contributed by atoms with van der Waals surface area (Å²) in [6, 6.07) is 0. The predicted molar refractivity (Wildman–Crippen MR) is 344 cm³/mol. The molecule has 0 aliphatic rings. The molecule has 1 atom stereocenters. The lowest BCUT2D eigenvalue weighted by Gasteiger charge is -2.18. The van der Waals surface area contributed by atoms with E-state index in [9.17, 15) is 14.4 Å². The largest absolute Gasteiger partial charge is 0.462 e. The summed E-state index contributed by atoms with van der Waals surface area (Å²) in [6.07, 6.45) is 83.7. The van der Waals surface area contributed by atoms with Gasteiger partial charge in [-0.1, -0.05) is 360 Å². The van der Waals surface area contributed by atoms with Gasteiger partial charge in [0.25, 0.3) is 0 Å². The summed E-state index contributed by atoms with van der Waals surface area (Å²) in [5, 5.41) is 0. The number of hydrogen-bond acceptors (Lipinski definition) is 6. The van der Waals surface area contributed by atoms with Gasteiger partial charge in [0.1, 0.15) is 13.2 Å². The van der Waals surface area contributed by atoms with Crippen molar-refractivity contribution in [2.45, 2.75) is 412 Å². The lowest BCUT2D eigenvalue weighted by molar-refractivity contribution is -0.167. The van der Waals surface area contributed by atoms with Gasteiger partial charge in [0.05, 0.1) is 0 Å². The first-order chi connectivity index (χ1) is 39.0. The highest BCUT2D eigenvalue weighted by Crippen LogP contribution is 2.19. The maximum Gasteiger partial charge on any atom is 0.306 e. The Balaban J connectivity index is 4.07. The summed E-state index contributed by atoms with van der Waals surface area (Å²) in [7, 11) is 0. The van der Waals surface area contributed by atoms with Crippen LogP contribution in [0.5, 0.6) is 0 Å². The van der Waals surface area contributed by atoms with Crippen LogP contribution < -0.4 is 0 Å². The SMILES string of the molecule is CCCCCCC/C=C\C/C=C\CCCCCCCCCCCCCCCCCCCCCC(=O)OCC(COC(=O)CCCCCCCCCCCC)OC(=O)CCCCCCCCCCCCCCCCCCCCCC. The van der Waals surface area contributed by atoms with Crippen LogP contribution in [0.3, 0.4) is 0 Å². The molecule has 6 heteroatoms. The Kier molecular flexibility index (Phi) is 66.6. The molecular formula is C73H138O6. The van der Waals surface area contributed by atoms with Crippen LogP contribution >= 0.6 is 0 Å². The minimum Gasteiger partial charge on any atom is -0.462 e. The standard InChI is InChI=1S/C73H138O6/c1-4-7-10-13-16-19-22-24-26-28-30-32-33-34-35-36-37-38-39-40-41-42-44-45-47-49-51-54-57-60-63-66-72(75)78-69-70(68-77-71(74)65-62-59-56-53-21-18-15-12-9-6-3)79-73(76)67-64-61-58-55-52-50-48-46-43-31-29-27-25-23-20-17-14-11-8-5-2/h22,24,28,30,70H,4-21,23,25-27,29,31-69H2,1-3H3/b24-22-,30-28-. The third-order valence-electron chi connectivity index (χ3n) is 16.5. The minimum atomic E-state index is -0.765. The fraction of sp³-hybridized carbons (Fsp3) is 0.904. The zero-order valence-electron chi connectivity index (χ0n) is 53.7. The van der Waals surface area contributed by atoms with Crippen LogP contribution in [0.15, 0.2) is 24.3 Å². The summed E-state index contributed by atoms with van der Waals surface area (Å²) in [5.41, 5.74) is 0. The number of carbonyl (C=O) groups is 3. The van der Waals surface area contributed by atoms with Crippen molar-refractivity contribution < 1.29 is 28.6 Å². The first kappa shape index (κ1) is 76.9. The van der Waals surface area contributed by atoms with Gasteiger partial charge in [0, 0.05) is 19.3 Å². The Morgan fingerprint density at radius 3 is 0.696 bits per heavy atom. The van der Waals surface area contributed by atoms with Crippen molar-refractivity contribution in [1.82, 2.24) is 0 Å². The smallest absolute Gasteiger partial charge is 0.306 e. The Hall–Kier alpha value is -2.11. The van der Waals surface area contributed by atoms with Crippen molar-refractivity contribution in [3.05, 3.63) is 24.3 Å². The van der Waals surface area contributed by atoms with Crippen LogP contribution in [0, 0.1) is 0 Å². The van der Waals surface area contributed by atoms with Gasteiger partial charge in [-0.3, -0.25) is 14.4 Å². The molecule has 0 radical (unpaired) electrons. The van der Waals surface area contributed by atoms with E-state index in [4.69, 9.17) is 14.2 Å². The fourth-order valence-electron chi connectivity index (χ4n) is 11.1. The van der Waals surface area contributed by atoms with E-state index < -0.39 is 6.10 Å². The molecule has 0 rings (SSSR count). The first-order valence-electron chi connectivity index (χ1n) is 35.8. The monoisotopic (exact) mass is 1110 g/mol. The first-order valence-corrected chi connectivity index (χ1v) is 35.8. The molecule has 0 aromatic carbocycles. The highest BCUT2D eigenvalue weighted by molar-refractivity contribution is 5.71. The van der Waals surface area contributed by atoms with E-state index in [1.807, 2.05) is 0 Å². The Morgan fingerprint density at radius 2 is 0.456 bits per heavy atom. The third-order valence-corrected chi connectivity index (χ3v) is 16.5. The second-order valence-electron chi connectivity index (χ2n) is 24.5. The summed E-state index contributed by atoms with van der Waals surface area (Å²) < 4.78 is 17.0. The van der Waals surface area contributed by atoms with Gasteiger partial charge in [-0.05, 0) is 51.4 Å². The number of allylic oxidation sites excluding steroid dienone is 4. The minimum absolute atomic E-state index is 0.0633. The van der Waals surface area contributed by atoms with Crippen LogP contribution in [-0.2, 0) is 28.6 Å². The van der Waals surface area contributed by atoms with E-state index in [1.165, 1.54) is 302 Å². The molecule has 0 aliphatic heterocycles. The van der Waals surface area contributed by atoms with Crippen LogP contribution in [0.2, 0.25) is 0 Å². The van der Waals surface area contributed by atoms with E-state index in [-0.39, 0.29) is 31.1 Å². The van der Waals surface area contributed by atoms with Gasteiger partial charge in [0.15, 0.2) is 6.10 Å². The Labute approximate surface area is 493 Å². The van der Waals surface area contributed by atoms with E-state index in [2.05, 4.69) is 45.1 Å². The maximum atomic E-state index is 12.9. The quantitative estimate of drug-likeness (QED) is 0.0261. The molecule has 0 spiro atoms. The highest BCUT2D eigenvalue weighted by atomic mass is 16.6. The predicted octanol–water partition coefficient (Wildman–Crippen LogP) is 24.6. The van der Waals surface area contributed by atoms with Gasteiger partial charge in [-0.15, -0.1) is 0 Å². The summed E-state index contributed by atoms with van der Waals surface area (Å²) in [4.78, 5) is 38.3. The van der Waals surface area contributed by atoms with Gasteiger partial charge in [0.2, 0.25) is 0 Å². The number of rotatable bonds is 67. The summed E-state index contributed by atoms with van der Waals surface area (Å²) in [5.74, 6) is -0.832. The molecule has 0 heterocycles. The molecule has 0 fully saturated rings. The highest BCUT2D eigenvalue weighted by Gasteiger charge is 2.19. The molecule has 0 N–H and O–H groups in total. The molecular weight excluding hydrogens is 973 g/mol. The molecule has 1 unspecified atom stereocenters. The second-order valence-corrected chi connectivity index (χ2v) is 24.5. The van der Waals surface area contributed by atoms with Crippen molar-refractivity contribution >= 4 is 17.9 Å². The number of ether oxygens (including phenoxy) is 3. The molecule has 0 saturated carbocycles. The normalized spacial score (nSPS) is 12.1. The summed E-state index contributed by atoms with van der Waals surface area (Å²) in [6.45, 7) is 6.70. The van der Waals surface area contributed by atoms with Crippen LogP contribution in [0.25, 0.3) is 0 Å².